The van der Waals surface area contributed by atoms with E-state index in [9.17, 15) is 0 Å². The van der Waals surface area contributed by atoms with E-state index in [1.165, 1.54) is 32.1 Å². The lowest BCUT2D eigenvalue weighted by Gasteiger charge is -2.48. The minimum atomic E-state index is 0.216. The molecule has 1 aromatic rings. The Balaban J connectivity index is 1.61. The highest BCUT2D eigenvalue weighted by atomic mass is 16.5. The van der Waals surface area contributed by atoms with E-state index in [1.54, 1.807) is 7.11 Å². The number of nitrogens with one attached hydrogen (secondary N) is 2. The number of ether oxygens (including phenoxy) is 3. The van der Waals surface area contributed by atoms with Gasteiger partial charge >= 0.3 is 0 Å². The molecule has 174 valence electrons. The molecule has 0 aromatic heterocycles. The van der Waals surface area contributed by atoms with Crippen molar-refractivity contribution >= 4 is 5.96 Å². The van der Waals surface area contributed by atoms with Gasteiger partial charge in [-0.2, -0.15) is 0 Å². The number of nitrogens with zero attached hydrogens (tertiary/aromatic N) is 2. The lowest BCUT2D eigenvalue weighted by atomic mass is 9.80. The average molecular weight is 433 g/mol. The highest BCUT2D eigenvalue weighted by Gasteiger charge is 2.38. The van der Waals surface area contributed by atoms with Crippen molar-refractivity contribution in [2.45, 2.75) is 51.1 Å². The first-order valence-electron chi connectivity index (χ1n) is 11.8. The van der Waals surface area contributed by atoms with Crippen molar-refractivity contribution in [3.8, 4) is 5.75 Å². The van der Waals surface area contributed by atoms with Gasteiger partial charge in [-0.3, -0.25) is 4.90 Å². The lowest BCUT2D eigenvalue weighted by Crippen LogP contribution is -2.60. The normalized spacial score (nSPS) is 19.7. The number of benzene rings is 1. The SMILES string of the molecule is CCNC(=NCc1cccc(OCCOC)c1)NCC1(N2CCOCC2)CCCCC1. The number of methoxy groups -OCH3 is 1. The molecule has 0 bridgehead atoms. The van der Waals surface area contributed by atoms with Gasteiger partial charge in [0.25, 0.3) is 0 Å². The molecule has 2 aliphatic rings. The van der Waals surface area contributed by atoms with Crippen molar-refractivity contribution in [2.75, 3.05) is 59.7 Å². The number of hydrogen-bond acceptors (Lipinski definition) is 5. The van der Waals surface area contributed by atoms with E-state index in [2.05, 4.69) is 34.6 Å². The molecule has 2 N–H and O–H groups in total. The first kappa shape index (κ1) is 23.8. The second kappa shape index (κ2) is 12.9. The van der Waals surface area contributed by atoms with E-state index in [1.807, 2.05) is 12.1 Å². The highest BCUT2D eigenvalue weighted by Crippen LogP contribution is 2.33. The molecule has 0 radical (unpaired) electrons. The summed E-state index contributed by atoms with van der Waals surface area (Å²) in [5.41, 5.74) is 1.35. The van der Waals surface area contributed by atoms with Gasteiger partial charge in [0.2, 0.25) is 0 Å². The summed E-state index contributed by atoms with van der Waals surface area (Å²) in [6.45, 7) is 9.39. The molecule has 7 nitrogen and oxygen atoms in total. The van der Waals surface area contributed by atoms with Crippen molar-refractivity contribution in [1.29, 1.82) is 0 Å². The maximum Gasteiger partial charge on any atom is 0.191 e. The molecule has 1 aliphatic heterocycles. The summed E-state index contributed by atoms with van der Waals surface area (Å²) in [5, 5.41) is 7.08. The predicted molar refractivity (Wildman–Crippen MR) is 125 cm³/mol. The lowest BCUT2D eigenvalue weighted by molar-refractivity contribution is -0.0352. The first-order valence-corrected chi connectivity index (χ1v) is 11.8. The molecule has 2 fully saturated rings. The maximum absolute atomic E-state index is 5.73. The van der Waals surface area contributed by atoms with Crippen molar-refractivity contribution < 1.29 is 14.2 Å². The van der Waals surface area contributed by atoms with E-state index >= 15 is 0 Å². The Morgan fingerprint density at radius 2 is 1.94 bits per heavy atom. The Labute approximate surface area is 187 Å². The van der Waals surface area contributed by atoms with E-state index in [-0.39, 0.29) is 5.54 Å². The van der Waals surface area contributed by atoms with Crippen LogP contribution in [0, 0.1) is 0 Å². The minimum absolute atomic E-state index is 0.216. The predicted octanol–water partition coefficient (Wildman–Crippen LogP) is 2.80. The molecule has 0 spiro atoms. The van der Waals surface area contributed by atoms with Crippen LogP contribution in [0.3, 0.4) is 0 Å². The second-order valence-electron chi connectivity index (χ2n) is 8.42. The van der Waals surface area contributed by atoms with E-state index in [4.69, 9.17) is 19.2 Å². The van der Waals surface area contributed by atoms with Crippen LogP contribution in [-0.4, -0.2) is 76.1 Å². The zero-order valence-corrected chi connectivity index (χ0v) is 19.3. The molecular weight excluding hydrogens is 392 g/mol. The molecule has 0 unspecified atom stereocenters. The van der Waals surface area contributed by atoms with Crippen molar-refractivity contribution in [1.82, 2.24) is 15.5 Å². The van der Waals surface area contributed by atoms with E-state index in [0.717, 1.165) is 56.7 Å². The Bertz CT molecular complexity index is 671. The molecule has 1 heterocycles. The fourth-order valence-electron chi connectivity index (χ4n) is 4.59. The molecule has 31 heavy (non-hydrogen) atoms. The summed E-state index contributed by atoms with van der Waals surface area (Å²) >= 11 is 0. The molecule has 0 amide bonds. The zero-order chi connectivity index (χ0) is 21.8. The summed E-state index contributed by atoms with van der Waals surface area (Å²) in [6.07, 6.45) is 6.47. The molecular formula is C24H40N4O3. The summed E-state index contributed by atoms with van der Waals surface area (Å²) in [7, 11) is 1.68. The molecule has 1 aliphatic carbocycles. The van der Waals surface area contributed by atoms with Gasteiger partial charge in [-0.15, -0.1) is 0 Å². The van der Waals surface area contributed by atoms with Gasteiger partial charge in [0, 0.05) is 38.8 Å². The van der Waals surface area contributed by atoms with Gasteiger partial charge in [0.15, 0.2) is 5.96 Å². The Hall–Kier alpha value is -1.83. The average Bonchev–Trinajstić information content (AvgIpc) is 2.82. The summed E-state index contributed by atoms with van der Waals surface area (Å²) in [6, 6.07) is 8.13. The van der Waals surface area contributed by atoms with Crippen LogP contribution in [-0.2, 0) is 16.0 Å². The third-order valence-corrected chi connectivity index (χ3v) is 6.27. The summed E-state index contributed by atoms with van der Waals surface area (Å²) in [4.78, 5) is 7.51. The van der Waals surface area contributed by atoms with Crippen molar-refractivity contribution in [2.24, 2.45) is 4.99 Å². The van der Waals surface area contributed by atoms with Crippen LogP contribution < -0.4 is 15.4 Å². The van der Waals surface area contributed by atoms with Gasteiger partial charge in [-0.1, -0.05) is 31.4 Å². The summed E-state index contributed by atoms with van der Waals surface area (Å²) in [5.74, 6) is 1.74. The van der Waals surface area contributed by atoms with Gasteiger partial charge in [-0.05, 0) is 37.5 Å². The quantitative estimate of drug-likeness (QED) is 0.337. The van der Waals surface area contributed by atoms with Crippen LogP contribution in [0.25, 0.3) is 0 Å². The molecule has 0 atom stereocenters. The van der Waals surface area contributed by atoms with Crippen LogP contribution in [0.15, 0.2) is 29.3 Å². The molecule has 1 saturated carbocycles. The molecule has 1 aromatic carbocycles. The Morgan fingerprint density at radius 3 is 2.68 bits per heavy atom. The first-order chi connectivity index (χ1) is 15.3. The van der Waals surface area contributed by atoms with Gasteiger partial charge in [0.05, 0.1) is 26.4 Å². The standard InChI is InChI=1S/C24H40N4O3/c1-3-25-23(26-19-21-8-7-9-22(18-21)31-17-16-29-2)27-20-24(10-5-4-6-11-24)28-12-14-30-15-13-28/h7-9,18H,3-6,10-17,19-20H2,1-2H3,(H2,25,26,27). The van der Waals surface area contributed by atoms with Gasteiger partial charge in [0.1, 0.15) is 12.4 Å². The van der Waals surface area contributed by atoms with Crippen LogP contribution in [0.4, 0.5) is 0 Å². The summed E-state index contributed by atoms with van der Waals surface area (Å²) < 4.78 is 16.4. The number of morpholine rings is 1. The number of hydrogen-bond donors (Lipinski definition) is 2. The number of aliphatic imine (C=N–C) groups is 1. The van der Waals surface area contributed by atoms with Crippen LogP contribution >= 0.6 is 0 Å². The maximum atomic E-state index is 5.73. The molecule has 7 heteroatoms. The number of guanidine groups is 1. The van der Waals surface area contributed by atoms with Crippen LogP contribution in [0.5, 0.6) is 5.75 Å². The third kappa shape index (κ3) is 7.37. The van der Waals surface area contributed by atoms with Gasteiger partial charge < -0.3 is 24.8 Å². The van der Waals surface area contributed by atoms with E-state index < -0.39 is 0 Å². The largest absolute Gasteiger partial charge is 0.491 e. The zero-order valence-electron chi connectivity index (χ0n) is 19.3. The van der Waals surface area contributed by atoms with Crippen molar-refractivity contribution in [3.63, 3.8) is 0 Å². The fraction of sp³-hybridized carbons (Fsp3) is 0.708. The minimum Gasteiger partial charge on any atom is -0.491 e. The fourth-order valence-corrected chi connectivity index (χ4v) is 4.59. The Morgan fingerprint density at radius 1 is 1.13 bits per heavy atom. The highest BCUT2D eigenvalue weighted by molar-refractivity contribution is 5.79. The van der Waals surface area contributed by atoms with E-state index in [0.29, 0.717) is 19.8 Å². The third-order valence-electron chi connectivity index (χ3n) is 6.27. The topological polar surface area (TPSA) is 67.4 Å². The second-order valence-corrected chi connectivity index (χ2v) is 8.42. The van der Waals surface area contributed by atoms with Gasteiger partial charge in [-0.25, -0.2) is 4.99 Å². The molecule has 3 rings (SSSR count). The van der Waals surface area contributed by atoms with Crippen LogP contribution in [0.2, 0.25) is 0 Å². The Kier molecular flexibility index (Phi) is 9.90. The monoisotopic (exact) mass is 432 g/mol. The smallest absolute Gasteiger partial charge is 0.191 e. The molecule has 1 saturated heterocycles. The van der Waals surface area contributed by atoms with Crippen LogP contribution in [0.1, 0.15) is 44.6 Å². The number of rotatable bonds is 10. The van der Waals surface area contributed by atoms with Crippen molar-refractivity contribution in [3.05, 3.63) is 29.8 Å².